The molecule has 0 aliphatic carbocycles. The van der Waals surface area contributed by atoms with E-state index in [1.807, 2.05) is 0 Å². The number of hydrogen-bond acceptors (Lipinski definition) is 1. The number of unbranched alkanes of at least 4 members (excludes halogenated alkanes) is 4. The predicted molar refractivity (Wildman–Crippen MR) is 79.2 cm³/mol. The zero-order chi connectivity index (χ0) is 12.5. The van der Waals surface area contributed by atoms with Crippen molar-refractivity contribution in [3.05, 3.63) is 34.3 Å². The van der Waals surface area contributed by atoms with E-state index >= 15 is 0 Å². The van der Waals surface area contributed by atoms with Gasteiger partial charge in [-0.1, -0.05) is 67.1 Å². The quantitative estimate of drug-likeness (QED) is 0.693. The second-order valence-electron chi connectivity index (χ2n) is 4.80. The van der Waals surface area contributed by atoms with Crippen LogP contribution in [-0.4, -0.2) is 6.04 Å². The molecule has 0 aliphatic rings. The van der Waals surface area contributed by atoms with Gasteiger partial charge in [0.1, 0.15) is 0 Å². The summed E-state index contributed by atoms with van der Waals surface area (Å²) in [6.45, 7) is 2.25. The van der Waals surface area contributed by atoms with Crippen molar-refractivity contribution >= 4 is 15.9 Å². The van der Waals surface area contributed by atoms with Gasteiger partial charge in [-0.15, -0.1) is 0 Å². The Morgan fingerprint density at radius 2 is 1.94 bits per heavy atom. The molecule has 0 radical (unpaired) electrons. The Labute approximate surface area is 114 Å². The largest absolute Gasteiger partial charge is 0.327 e. The second-order valence-corrected chi connectivity index (χ2v) is 5.71. The van der Waals surface area contributed by atoms with E-state index in [0.717, 1.165) is 17.3 Å². The summed E-state index contributed by atoms with van der Waals surface area (Å²) < 4.78 is 1.14. The SMILES string of the molecule is CCCCCCCC(N)Cc1cccc(Br)c1. The smallest absolute Gasteiger partial charge is 0.0178 e. The van der Waals surface area contributed by atoms with Crippen molar-refractivity contribution in [2.24, 2.45) is 5.73 Å². The lowest BCUT2D eigenvalue weighted by Gasteiger charge is -2.11. The highest BCUT2D eigenvalue weighted by Gasteiger charge is 2.04. The van der Waals surface area contributed by atoms with E-state index < -0.39 is 0 Å². The Balaban J connectivity index is 2.18. The number of rotatable bonds is 8. The van der Waals surface area contributed by atoms with E-state index in [1.165, 1.54) is 37.7 Å². The average molecular weight is 298 g/mol. The number of halogens is 1. The number of hydrogen-bond donors (Lipinski definition) is 1. The van der Waals surface area contributed by atoms with Gasteiger partial charge in [-0.3, -0.25) is 0 Å². The van der Waals surface area contributed by atoms with Gasteiger partial charge in [-0.05, 0) is 30.5 Å². The standard InChI is InChI=1S/C15H24BrN/c1-2-3-4-5-6-10-15(17)12-13-8-7-9-14(16)11-13/h7-9,11,15H,2-6,10,12,17H2,1H3. The molecule has 2 N–H and O–H groups in total. The van der Waals surface area contributed by atoms with Gasteiger partial charge >= 0.3 is 0 Å². The molecule has 1 aromatic carbocycles. The van der Waals surface area contributed by atoms with Crippen molar-refractivity contribution in [1.29, 1.82) is 0 Å². The summed E-state index contributed by atoms with van der Waals surface area (Å²) in [6, 6.07) is 8.76. The molecule has 2 heteroatoms. The molecular formula is C15H24BrN. The van der Waals surface area contributed by atoms with Gasteiger partial charge in [0.15, 0.2) is 0 Å². The molecule has 1 unspecified atom stereocenters. The molecule has 0 saturated carbocycles. The van der Waals surface area contributed by atoms with Crippen LogP contribution in [0.25, 0.3) is 0 Å². The van der Waals surface area contributed by atoms with Gasteiger partial charge in [0.25, 0.3) is 0 Å². The molecule has 1 atom stereocenters. The van der Waals surface area contributed by atoms with Gasteiger partial charge in [-0.25, -0.2) is 0 Å². The molecule has 0 bridgehead atoms. The van der Waals surface area contributed by atoms with Crippen molar-refractivity contribution in [3.63, 3.8) is 0 Å². The van der Waals surface area contributed by atoms with Crippen LogP contribution in [0.3, 0.4) is 0 Å². The highest BCUT2D eigenvalue weighted by atomic mass is 79.9. The monoisotopic (exact) mass is 297 g/mol. The second kappa shape index (κ2) is 8.71. The molecule has 96 valence electrons. The van der Waals surface area contributed by atoms with Crippen molar-refractivity contribution in [2.75, 3.05) is 0 Å². The Morgan fingerprint density at radius 1 is 1.18 bits per heavy atom. The minimum atomic E-state index is 0.311. The van der Waals surface area contributed by atoms with Crippen LogP contribution < -0.4 is 5.73 Å². The predicted octanol–water partition coefficient (Wildman–Crippen LogP) is 4.68. The van der Waals surface area contributed by atoms with E-state index in [0.29, 0.717) is 6.04 Å². The Hall–Kier alpha value is -0.340. The minimum Gasteiger partial charge on any atom is -0.327 e. The van der Waals surface area contributed by atoms with Gasteiger partial charge in [0.2, 0.25) is 0 Å². The van der Waals surface area contributed by atoms with Crippen LogP contribution in [-0.2, 0) is 6.42 Å². The topological polar surface area (TPSA) is 26.0 Å². The van der Waals surface area contributed by atoms with E-state index in [2.05, 4.69) is 47.1 Å². The van der Waals surface area contributed by atoms with Gasteiger partial charge in [0, 0.05) is 10.5 Å². The first-order chi connectivity index (χ1) is 8.22. The van der Waals surface area contributed by atoms with Crippen LogP contribution in [0.2, 0.25) is 0 Å². The summed E-state index contributed by atoms with van der Waals surface area (Å²) >= 11 is 3.49. The fraction of sp³-hybridized carbons (Fsp3) is 0.600. The summed E-state index contributed by atoms with van der Waals surface area (Å²) in [5, 5.41) is 0. The lowest BCUT2D eigenvalue weighted by Crippen LogP contribution is -2.22. The molecule has 0 saturated heterocycles. The third-order valence-corrected chi connectivity index (χ3v) is 3.56. The Morgan fingerprint density at radius 3 is 2.65 bits per heavy atom. The molecule has 0 amide bonds. The molecule has 0 heterocycles. The highest BCUT2D eigenvalue weighted by molar-refractivity contribution is 9.10. The van der Waals surface area contributed by atoms with E-state index in [-0.39, 0.29) is 0 Å². The summed E-state index contributed by atoms with van der Waals surface area (Å²) in [7, 11) is 0. The minimum absolute atomic E-state index is 0.311. The maximum Gasteiger partial charge on any atom is 0.0178 e. The fourth-order valence-corrected chi connectivity index (χ4v) is 2.53. The van der Waals surface area contributed by atoms with Crippen molar-refractivity contribution in [2.45, 2.75) is 57.9 Å². The first-order valence-electron chi connectivity index (χ1n) is 6.72. The molecule has 0 aliphatic heterocycles. The molecule has 1 aromatic rings. The van der Waals surface area contributed by atoms with Gasteiger partial charge in [-0.2, -0.15) is 0 Å². The lowest BCUT2D eigenvalue weighted by molar-refractivity contribution is 0.538. The summed E-state index contributed by atoms with van der Waals surface area (Å²) in [5.41, 5.74) is 7.49. The number of nitrogens with two attached hydrogens (primary N) is 1. The highest BCUT2D eigenvalue weighted by Crippen LogP contribution is 2.14. The molecule has 1 rings (SSSR count). The van der Waals surface area contributed by atoms with Crippen LogP contribution in [0.4, 0.5) is 0 Å². The Kier molecular flexibility index (Phi) is 7.54. The lowest BCUT2D eigenvalue weighted by atomic mass is 10.0. The van der Waals surface area contributed by atoms with E-state index in [1.54, 1.807) is 0 Å². The third kappa shape index (κ3) is 6.85. The third-order valence-electron chi connectivity index (χ3n) is 3.07. The van der Waals surface area contributed by atoms with E-state index in [9.17, 15) is 0 Å². The molecule has 0 spiro atoms. The molecule has 0 fully saturated rings. The summed E-state index contributed by atoms with van der Waals surface area (Å²) in [6.07, 6.45) is 8.78. The van der Waals surface area contributed by atoms with Crippen LogP contribution in [0.5, 0.6) is 0 Å². The maximum atomic E-state index is 6.16. The van der Waals surface area contributed by atoms with Crippen LogP contribution in [0.1, 0.15) is 51.0 Å². The van der Waals surface area contributed by atoms with Crippen LogP contribution >= 0.6 is 15.9 Å². The maximum absolute atomic E-state index is 6.16. The normalized spacial score (nSPS) is 12.6. The molecule has 1 nitrogen and oxygen atoms in total. The average Bonchev–Trinajstić information content (AvgIpc) is 2.29. The number of benzene rings is 1. The van der Waals surface area contributed by atoms with Crippen molar-refractivity contribution in [1.82, 2.24) is 0 Å². The fourth-order valence-electron chi connectivity index (χ4n) is 2.08. The molecular weight excluding hydrogens is 274 g/mol. The molecule has 0 aromatic heterocycles. The first kappa shape index (κ1) is 14.7. The Bertz CT molecular complexity index is 312. The van der Waals surface area contributed by atoms with Gasteiger partial charge in [0.05, 0.1) is 0 Å². The molecule has 17 heavy (non-hydrogen) atoms. The van der Waals surface area contributed by atoms with Crippen molar-refractivity contribution in [3.8, 4) is 0 Å². The zero-order valence-electron chi connectivity index (χ0n) is 10.8. The van der Waals surface area contributed by atoms with Gasteiger partial charge < -0.3 is 5.73 Å². The van der Waals surface area contributed by atoms with Crippen LogP contribution in [0, 0.1) is 0 Å². The van der Waals surface area contributed by atoms with Crippen molar-refractivity contribution < 1.29 is 0 Å². The first-order valence-corrected chi connectivity index (χ1v) is 7.51. The zero-order valence-corrected chi connectivity index (χ0v) is 12.4. The summed E-state index contributed by atoms with van der Waals surface area (Å²) in [5.74, 6) is 0. The van der Waals surface area contributed by atoms with E-state index in [4.69, 9.17) is 5.73 Å². The van der Waals surface area contributed by atoms with Crippen LogP contribution in [0.15, 0.2) is 28.7 Å². The summed E-state index contributed by atoms with van der Waals surface area (Å²) in [4.78, 5) is 0.